The third-order valence-electron chi connectivity index (χ3n) is 7.11. The predicted octanol–water partition coefficient (Wildman–Crippen LogP) is -1.06. The van der Waals surface area contributed by atoms with E-state index in [0.29, 0.717) is 12.1 Å². The van der Waals surface area contributed by atoms with Crippen molar-refractivity contribution >= 4 is 35.5 Å². The topological polar surface area (TPSA) is 253 Å². The zero-order valence-corrected chi connectivity index (χ0v) is 26.1. The van der Waals surface area contributed by atoms with E-state index in [0.717, 1.165) is 11.1 Å². The monoisotopic (exact) mass is 646 g/mol. The van der Waals surface area contributed by atoms with Gasteiger partial charge in [0.2, 0.25) is 29.5 Å². The largest absolute Gasteiger partial charge is 0.370 e. The highest BCUT2D eigenvalue weighted by Crippen LogP contribution is 2.09. The van der Waals surface area contributed by atoms with Crippen molar-refractivity contribution in [2.75, 3.05) is 6.54 Å². The maximum atomic E-state index is 13.8. The molecule has 0 saturated heterocycles. The number of nitrogens with two attached hydrogens (primary N) is 3. The van der Waals surface area contributed by atoms with Crippen LogP contribution in [0.15, 0.2) is 78.2 Å². The molecule has 11 N–H and O–H groups in total. The molecule has 2 aromatic carbocycles. The van der Waals surface area contributed by atoms with Crippen molar-refractivity contribution < 1.29 is 24.0 Å². The third kappa shape index (κ3) is 12.7. The van der Waals surface area contributed by atoms with Crippen LogP contribution < -0.4 is 38.5 Å². The summed E-state index contributed by atoms with van der Waals surface area (Å²) in [4.78, 5) is 75.9. The molecule has 15 heteroatoms. The minimum atomic E-state index is -1.15. The third-order valence-corrected chi connectivity index (χ3v) is 7.11. The number of benzene rings is 2. The Morgan fingerprint density at radius 1 is 0.723 bits per heavy atom. The molecule has 0 saturated carbocycles. The van der Waals surface area contributed by atoms with Crippen molar-refractivity contribution in [3.8, 4) is 0 Å². The van der Waals surface area contributed by atoms with Crippen LogP contribution in [0.2, 0.25) is 0 Å². The number of rotatable bonds is 18. The number of aliphatic imine (C=N–C) groups is 1. The Bertz CT molecular complexity index is 1490. The molecule has 3 rings (SSSR count). The van der Waals surface area contributed by atoms with Gasteiger partial charge in [0.05, 0.1) is 6.33 Å². The van der Waals surface area contributed by atoms with Crippen LogP contribution in [0.5, 0.6) is 0 Å². The highest BCUT2D eigenvalue weighted by atomic mass is 16.2. The van der Waals surface area contributed by atoms with Crippen molar-refractivity contribution in [1.29, 1.82) is 0 Å². The Balaban J connectivity index is 1.83. The van der Waals surface area contributed by atoms with Gasteiger partial charge in [-0.1, -0.05) is 60.7 Å². The SMILES string of the molecule is CC(=O)N[C@@H](Cc1cnc[nH]1)C(=O)N[C@H](Cc1ccccc1)C(=O)N[C@@H](CCCN=C(N)N)C(=O)N[C@H](Cc1ccccc1)C(N)=O. The minimum absolute atomic E-state index is 0.0789. The molecule has 0 aliphatic carbocycles. The van der Waals surface area contributed by atoms with Crippen LogP contribution in [0.3, 0.4) is 0 Å². The Morgan fingerprint density at radius 3 is 1.74 bits per heavy atom. The molecule has 15 nitrogen and oxygen atoms in total. The number of aromatic nitrogens is 2. The van der Waals surface area contributed by atoms with E-state index in [1.54, 1.807) is 48.5 Å². The summed E-state index contributed by atoms with van der Waals surface area (Å²) in [6.45, 7) is 1.46. The van der Waals surface area contributed by atoms with Crippen LogP contribution in [0, 0.1) is 0 Å². The van der Waals surface area contributed by atoms with Crippen molar-refractivity contribution in [2.24, 2.45) is 22.2 Å². The van der Waals surface area contributed by atoms with E-state index in [9.17, 15) is 24.0 Å². The summed E-state index contributed by atoms with van der Waals surface area (Å²) in [6.07, 6.45) is 3.70. The zero-order chi connectivity index (χ0) is 34.2. The first-order chi connectivity index (χ1) is 22.5. The van der Waals surface area contributed by atoms with Gasteiger partial charge in [-0.15, -0.1) is 0 Å². The van der Waals surface area contributed by atoms with E-state index in [4.69, 9.17) is 17.2 Å². The van der Waals surface area contributed by atoms with Gasteiger partial charge in [-0.05, 0) is 24.0 Å². The van der Waals surface area contributed by atoms with Crippen molar-refractivity contribution in [2.45, 2.75) is 63.2 Å². The number of carbonyl (C=O) groups is 5. The first-order valence-corrected chi connectivity index (χ1v) is 15.1. The second-order valence-electron chi connectivity index (χ2n) is 10.9. The second-order valence-corrected chi connectivity index (χ2v) is 10.9. The van der Waals surface area contributed by atoms with Crippen LogP contribution in [0.1, 0.15) is 36.6 Å². The molecule has 4 atom stereocenters. The highest BCUT2D eigenvalue weighted by Gasteiger charge is 2.31. The summed E-state index contributed by atoms with van der Waals surface area (Å²) in [7, 11) is 0. The minimum Gasteiger partial charge on any atom is -0.370 e. The number of hydrogen-bond acceptors (Lipinski definition) is 7. The molecule has 250 valence electrons. The summed E-state index contributed by atoms with van der Waals surface area (Å²) in [5, 5.41) is 10.7. The number of aromatic amines is 1. The Hall–Kier alpha value is -5.73. The number of nitrogens with one attached hydrogen (secondary N) is 5. The maximum absolute atomic E-state index is 13.8. The maximum Gasteiger partial charge on any atom is 0.243 e. The first-order valence-electron chi connectivity index (χ1n) is 15.1. The van der Waals surface area contributed by atoms with E-state index < -0.39 is 53.7 Å². The summed E-state index contributed by atoms with van der Waals surface area (Å²) < 4.78 is 0. The number of carbonyl (C=O) groups excluding carboxylic acids is 5. The molecule has 47 heavy (non-hydrogen) atoms. The van der Waals surface area contributed by atoms with Gasteiger partial charge in [0.15, 0.2) is 5.96 Å². The Morgan fingerprint density at radius 2 is 1.23 bits per heavy atom. The van der Waals surface area contributed by atoms with Gasteiger partial charge >= 0.3 is 0 Å². The zero-order valence-electron chi connectivity index (χ0n) is 26.1. The average molecular weight is 647 g/mol. The molecule has 0 radical (unpaired) electrons. The van der Waals surface area contributed by atoms with Gasteiger partial charge in [0, 0.05) is 44.6 Å². The molecule has 0 aliphatic rings. The lowest BCUT2D eigenvalue weighted by Gasteiger charge is -2.26. The lowest BCUT2D eigenvalue weighted by Crippen LogP contribution is -2.59. The fourth-order valence-electron chi connectivity index (χ4n) is 4.79. The van der Waals surface area contributed by atoms with Gasteiger partial charge in [-0.25, -0.2) is 4.98 Å². The molecule has 3 aromatic rings. The van der Waals surface area contributed by atoms with Crippen LogP contribution in [-0.2, 0) is 43.2 Å². The number of amides is 5. The van der Waals surface area contributed by atoms with Crippen LogP contribution in [0.4, 0.5) is 0 Å². The molecular formula is C32H42N10O5. The molecule has 5 amide bonds. The van der Waals surface area contributed by atoms with E-state index >= 15 is 0 Å². The molecular weight excluding hydrogens is 604 g/mol. The van der Waals surface area contributed by atoms with E-state index in [1.807, 2.05) is 12.1 Å². The van der Waals surface area contributed by atoms with Crippen molar-refractivity contribution in [3.63, 3.8) is 0 Å². The lowest BCUT2D eigenvalue weighted by atomic mass is 10.0. The molecule has 1 heterocycles. The quantitative estimate of drug-likeness (QED) is 0.0479. The van der Waals surface area contributed by atoms with Crippen LogP contribution in [0.25, 0.3) is 0 Å². The van der Waals surface area contributed by atoms with E-state index in [-0.39, 0.29) is 38.2 Å². The van der Waals surface area contributed by atoms with Gasteiger partial charge in [-0.2, -0.15) is 0 Å². The van der Waals surface area contributed by atoms with Crippen LogP contribution >= 0.6 is 0 Å². The van der Waals surface area contributed by atoms with Gasteiger partial charge < -0.3 is 43.5 Å². The Kier molecular flexibility index (Phi) is 13.9. The molecule has 0 bridgehead atoms. The summed E-state index contributed by atoms with van der Waals surface area (Å²) >= 11 is 0. The normalized spacial score (nSPS) is 13.2. The summed E-state index contributed by atoms with van der Waals surface area (Å²) in [5.41, 5.74) is 18.6. The summed E-state index contributed by atoms with van der Waals surface area (Å²) in [5.74, 6) is -3.24. The number of primary amides is 1. The molecule has 0 unspecified atom stereocenters. The average Bonchev–Trinajstić information content (AvgIpc) is 3.55. The van der Waals surface area contributed by atoms with Gasteiger partial charge in [-0.3, -0.25) is 29.0 Å². The first kappa shape index (κ1) is 35.7. The van der Waals surface area contributed by atoms with Gasteiger partial charge in [0.1, 0.15) is 24.2 Å². The number of hydrogen-bond donors (Lipinski definition) is 8. The van der Waals surface area contributed by atoms with Crippen molar-refractivity contribution in [1.82, 2.24) is 31.2 Å². The second kappa shape index (κ2) is 18.3. The highest BCUT2D eigenvalue weighted by molar-refractivity contribution is 5.95. The number of H-pyrrole nitrogens is 1. The molecule has 0 spiro atoms. The van der Waals surface area contributed by atoms with E-state index in [1.165, 1.54) is 19.4 Å². The lowest BCUT2D eigenvalue weighted by molar-refractivity contribution is -0.134. The van der Waals surface area contributed by atoms with Crippen LogP contribution in [-0.4, -0.2) is 76.2 Å². The fourth-order valence-corrected chi connectivity index (χ4v) is 4.79. The molecule has 0 fully saturated rings. The summed E-state index contributed by atoms with van der Waals surface area (Å²) in [6, 6.07) is 13.7. The smallest absolute Gasteiger partial charge is 0.243 e. The molecule has 1 aromatic heterocycles. The number of guanidine groups is 1. The fraction of sp³-hybridized carbons (Fsp3) is 0.344. The standard InChI is InChI=1S/C32H42N10O5/c1-20(43)39-27(17-23-18-36-19-38-23)31(47)42-26(16-22-11-6-3-7-12-22)30(46)40-24(13-8-14-37-32(34)35)29(45)41-25(28(33)44)15-21-9-4-2-5-10-21/h2-7,9-12,18-19,24-27H,8,13-17H2,1H3,(H2,33,44)(H,36,38)(H,39,43)(H,40,46)(H,41,45)(H,42,47)(H4,34,35,37)/t24-,25+,26+,27-/m0/s1. The van der Waals surface area contributed by atoms with Gasteiger partial charge in [0.25, 0.3) is 0 Å². The number of nitrogens with zero attached hydrogens (tertiary/aromatic N) is 2. The van der Waals surface area contributed by atoms with Crippen molar-refractivity contribution in [3.05, 3.63) is 90.0 Å². The number of imidazole rings is 1. The Labute approximate surface area is 272 Å². The van der Waals surface area contributed by atoms with E-state index in [2.05, 4.69) is 36.2 Å². The predicted molar refractivity (Wildman–Crippen MR) is 175 cm³/mol. The molecule has 0 aliphatic heterocycles.